The fourth-order valence-electron chi connectivity index (χ4n) is 5.64. The number of rotatable bonds is 0. The average molecular weight is 400 g/mol. The SMILES string of the molecule is COC(=O)N1C(=O)[C@]2(C[C@@H]3[C@@H]4CO[C@@H]2C[C@@H]4C(=O)N3C(=O)OC)c2ccccc21. The molecule has 1 aliphatic carbocycles. The van der Waals surface area contributed by atoms with Gasteiger partial charge in [0, 0.05) is 11.8 Å². The van der Waals surface area contributed by atoms with Gasteiger partial charge in [-0.1, -0.05) is 18.2 Å². The van der Waals surface area contributed by atoms with Crippen LogP contribution in [0.15, 0.2) is 24.3 Å². The Morgan fingerprint density at radius 2 is 1.86 bits per heavy atom. The third-order valence-electron chi connectivity index (χ3n) is 6.87. The highest BCUT2D eigenvalue weighted by molar-refractivity contribution is 6.21. The van der Waals surface area contributed by atoms with E-state index in [0.717, 1.165) is 9.80 Å². The normalized spacial score (nSPS) is 34.4. The molecule has 3 saturated heterocycles. The molecule has 1 aromatic rings. The van der Waals surface area contributed by atoms with Crippen LogP contribution in [0.25, 0.3) is 0 Å². The Morgan fingerprint density at radius 1 is 1.14 bits per heavy atom. The minimum absolute atomic E-state index is 0.184. The molecule has 0 N–H and O–H groups in total. The highest BCUT2D eigenvalue weighted by atomic mass is 16.5. The van der Waals surface area contributed by atoms with Crippen LogP contribution in [0, 0.1) is 11.8 Å². The van der Waals surface area contributed by atoms with E-state index in [1.807, 2.05) is 0 Å². The first-order valence-corrected chi connectivity index (χ1v) is 9.50. The molecule has 9 nitrogen and oxygen atoms in total. The number of amides is 4. The molecule has 4 aliphatic heterocycles. The maximum atomic E-state index is 13.7. The Labute approximate surface area is 166 Å². The topological polar surface area (TPSA) is 102 Å². The summed E-state index contributed by atoms with van der Waals surface area (Å²) < 4.78 is 15.8. The van der Waals surface area contributed by atoms with E-state index in [4.69, 9.17) is 14.2 Å². The molecule has 4 amide bonds. The molecule has 0 aromatic heterocycles. The standard InChI is InChI=1S/C20H20N2O7/c1-27-18(25)21-14-8-20(15-7-10(16(21)23)11(14)9-29-15)12-5-3-4-6-13(12)22(17(20)24)19(26)28-2/h3-6,10-11,14-15H,7-9H2,1-2H3/t10-,11+,14+,15+,20+/m0/s1. The Hall–Kier alpha value is -2.94. The maximum Gasteiger partial charge on any atom is 0.420 e. The summed E-state index contributed by atoms with van der Waals surface area (Å²) in [5.41, 5.74) is -0.0673. The molecule has 9 heteroatoms. The number of anilines is 1. The van der Waals surface area contributed by atoms with Crippen LogP contribution in [0.5, 0.6) is 0 Å². The lowest BCUT2D eigenvalue weighted by molar-refractivity contribution is -0.142. The van der Waals surface area contributed by atoms with Crippen molar-refractivity contribution in [3.63, 3.8) is 0 Å². The van der Waals surface area contributed by atoms with Gasteiger partial charge in [-0.2, -0.15) is 0 Å². The first kappa shape index (κ1) is 18.1. The van der Waals surface area contributed by atoms with Gasteiger partial charge in [0.2, 0.25) is 11.8 Å². The van der Waals surface area contributed by atoms with Crippen LogP contribution in [0.1, 0.15) is 18.4 Å². The van der Waals surface area contributed by atoms with Crippen LogP contribution in [0.4, 0.5) is 15.3 Å². The van der Waals surface area contributed by atoms with Crippen LogP contribution in [0.3, 0.4) is 0 Å². The number of hydrogen-bond acceptors (Lipinski definition) is 7. The quantitative estimate of drug-likeness (QED) is 0.649. The second-order valence-electron chi connectivity index (χ2n) is 7.88. The third-order valence-corrected chi connectivity index (χ3v) is 6.87. The number of imide groups is 2. The third kappa shape index (κ3) is 2.08. The van der Waals surface area contributed by atoms with Gasteiger partial charge in [-0.25, -0.2) is 19.4 Å². The van der Waals surface area contributed by atoms with Gasteiger partial charge in [-0.3, -0.25) is 9.59 Å². The van der Waals surface area contributed by atoms with E-state index in [2.05, 4.69) is 0 Å². The molecule has 152 valence electrons. The molecule has 0 unspecified atom stereocenters. The summed E-state index contributed by atoms with van der Waals surface area (Å²) in [6, 6.07) is 6.50. The number of hydrogen-bond donors (Lipinski definition) is 0. The van der Waals surface area contributed by atoms with Crippen LogP contribution in [0.2, 0.25) is 0 Å². The highest BCUT2D eigenvalue weighted by Crippen LogP contribution is 2.57. The zero-order valence-electron chi connectivity index (χ0n) is 16.0. The van der Waals surface area contributed by atoms with E-state index >= 15 is 0 Å². The largest absolute Gasteiger partial charge is 0.452 e. The van der Waals surface area contributed by atoms with Crippen molar-refractivity contribution in [2.75, 3.05) is 25.7 Å². The van der Waals surface area contributed by atoms with Gasteiger partial charge in [0.05, 0.1) is 38.7 Å². The van der Waals surface area contributed by atoms with E-state index < -0.39 is 41.6 Å². The van der Waals surface area contributed by atoms with E-state index in [1.54, 1.807) is 24.3 Å². The molecule has 29 heavy (non-hydrogen) atoms. The Kier molecular flexibility index (Phi) is 3.76. The summed E-state index contributed by atoms with van der Waals surface area (Å²) in [6.45, 7) is 0.272. The van der Waals surface area contributed by atoms with Crippen molar-refractivity contribution in [3.05, 3.63) is 29.8 Å². The molecule has 5 atom stereocenters. The number of carbonyl (C=O) groups is 4. The number of para-hydroxylation sites is 1. The molecular formula is C20H20N2O7. The van der Waals surface area contributed by atoms with Gasteiger partial charge in [-0.05, 0) is 24.5 Å². The summed E-state index contributed by atoms with van der Waals surface area (Å²) in [6.07, 6.45) is -1.58. The monoisotopic (exact) mass is 400 g/mol. The number of methoxy groups -OCH3 is 2. The lowest BCUT2D eigenvalue weighted by Gasteiger charge is -2.38. The van der Waals surface area contributed by atoms with Crippen LogP contribution in [-0.4, -0.2) is 61.9 Å². The summed E-state index contributed by atoms with van der Waals surface area (Å²) in [5, 5.41) is 0. The van der Waals surface area contributed by atoms with Crippen LogP contribution < -0.4 is 4.90 Å². The van der Waals surface area contributed by atoms with Gasteiger partial charge < -0.3 is 14.2 Å². The van der Waals surface area contributed by atoms with E-state index in [0.29, 0.717) is 17.7 Å². The van der Waals surface area contributed by atoms with E-state index in [-0.39, 0.29) is 24.9 Å². The second kappa shape index (κ2) is 6.03. The van der Waals surface area contributed by atoms with Crippen molar-refractivity contribution in [1.29, 1.82) is 0 Å². The van der Waals surface area contributed by atoms with Crippen molar-refractivity contribution in [2.45, 2.75) is 30.4 Å². The molecule has 5 aliphatic rings. The number of fused-ring (bicyclic) bond motifs is 2. The lowest BCUT2D eigenvalue weighted by Crippen LogP contribution is -2.55. The number of likely N-dealkylation sites (tertiary alicyclic amines) is 1. The molecule has 4 heterocycles. The number of benzene rings is 1. The smallest absolute Gasteiger partial charge is 0.420 e. The van der Waals surface area contributed by atoms with Gasteiger partial charge >= 0.3 is 12.2 Å². The lowest BCUT2D eigenvalue weighted by atomic mass is 9.71. The van der Waals surface area contributed by atoms with Gasteiger partial charge in [0.15, 0.2) is 0 Å². The summed E-state index contributed by atoms with van der Waals surface area (Å²) >= 11 is 0. The minimum atomic E-state index is -1.17. The van der Waals surface area contributed by atoms with Crippen LogP contribution in [-0.2, 0) is 29.2 Å². The van der Waals surface area contributed by atoms with E-state index in [9.17, 15) is 19.2 Å². The maximum absolute atomic E-state index is 13.7. The fourth-order valence-corrected chi connectivity index (χ4v) is 5.64. The number of carbonyl (C=O) groups excluding carboxylic acids is 4. The Morgan fingerprint density at radius 3 is 2.59 bits per heavy atom. The molecule has 1 aromatic carbocycles. The van der Waals surface area contributed by atoms with Gasteiger partial charge in [0.1, 0.15) is 5.41 Å². The Balaban J connectivity index is 1.68. The summed E-state index contributed by atoms with van der Waals surface area (Å²) in [4.78, 5) is 53.6. The summed E-state index contributed by atoms with van der Waals surface area (Å²) in [5.74, 6) is -1.34. The molecule has 1 spiro atoms. The number of nitrogens with zero attached hydrogens (tertiary/aromatic N) is 2. The Bertz CT molecular complexity index is 947. The molecule has 4 fully saturated rings. The molecule has 1 saturated carbocycles. The van der Waals surface area contributed by atoms with Crippen molar-refractivity contribution < 1.29 is 33.4 Å². The van der Waals surface area contributed by atoms with Crippen molar-refractivity contribution in [1.82, 2.24) is 4.90 Å². The zero-order chi connectivity index (χ0) is 20.5. The predicted molar refractivity (Wildman–Crippen MR) is 97.0 cm³/mol. The van der Waals surface area contributed by atoms with Crippen molar-refractivity contribution >= 4 is 29.7 Å². The zero-order valence-corrected chi connectivity index (χ0v) is 16.0. The second-order valence-corrected chi connectivity index (χ2v) is 7.88. The summed E-state index contributed by atoms with van der Waals surface area (Å²) in [7, 11) is 2.45. The molecule has 4 bridgehead atoms. The van der Waals surface area contributed by atoms with Crippen LogP contribution >= 0.6 is 0 Å². The first-order valence-electron chi connectivity index (χ1n) is 9.50. The average Bonchev–Trinajstić information content (AvgIpc) is 3.01. The number of ether oxygens (including phenoxy) is 3. The minimum Gasteiger partial charge on any atom is -0.452 e. The predicted octanol–water partition coefficient (Wildman–Crippen LogP) is 1.44. The molecule has 6 rings (SSSR count). The molecule has 0 radical (unpaired) electrons. The van der Waals surface area contributed by atoms with Crippen molar-refractivity contribution in [3.8, 4) is 0 Å². The first-order chi connectivity index (χ1) is 14.0. The fraction of sp³-hybridized carbons (Fsp3) is 0.500. The molecular weight excluding hydrogens is 380 g/mol. The van der Waals surface area contributed by atoms with Gasteiger partial charge in [0.25, 0.3) is 0 Å². The van der Waals surface area contributed by atoms with Crippen molar-refractivity contribution in [2.24, 2.45) is 11.8 Å². The van der Waals surface area contributed by atoms with Gasteiger partial charge in [-0.15, -0.1) is 0 Å². The highest BCUT2D eigenvalue weighted by Gasteiger charge is 2.68. The van der Waals surface area contributed by atoms with E-state index in [1.165, 1.54) is 14.2 Å².